The van der Waals surface area contributed by atoms with E-state index in [9.17, 15) is 13.2 Å². The lowest BCUT2D eigenvalue weighted by atomic mass is 10.2. The molecule has 5 nitrogen and oxygen atoms in total. The van der Waals surface area contributed by atoms with Gasteiger partial charge >= 0.3 is 5.97 Å². The number of rotatable bonds is 6. The molecule has 0 amide bonds. The van der Waals surface area contributed by atoms with Crippen LogP contribution in [0, 0.1) is 0 Å². The minimum atomic E-state index is -3.55. The third-order valence-corrected chi connectivity index (χ3v) is 5.18. The lowest BCUT2D eigenvalue weighted by Gasteiger charge is -2.10. The van der Waals surface area contributed by atoms with Crippen molar-refractivity contribution in [3.8, 4) is 0 Å². The summed E-state index contributed by atoms with van der Waals surface area (Å²) in [4.78, 5) is 16.2. The summed E-state index contributed by atoms with van der Waals surface area (Å²) in [5, 5.41) is 0. The molecule has 0 spiro atoms. The molecule has 0 saturated heterocycles. The molecule has 1 aromatic heterocycles. The van der Waals surface area contributed by atoms with Crippen LogP contribution >= 0.6 is 0 Å². The molecule has 0 aliphatic rings. The lowest BCUT2D eigenvalue weighted by molar-refractivity contribution is 0.0460. The van der Waals surface area contributed by atoms with Gasteiger partial charge in [0.2, 0.25) is 0 Å². The zero-order chi connectivity index (χ0) is 16.9. The van der Waals surface area contributed by atoms with Crippen molar-refractivity contribution in [2.75, 3.05) is 5.75 Å². The molecule has 0 saturated carbocycles. The van der Waals surface area contributed by atoms with Crippen molar-refractivity contribution in [3.63, 3.8) is 0 Å². The van der Waals surface area contributed by atoms with Gasteiger partial charge in [0.1, 0.15) is 11.5 Å². The maximum atomic E-state index is 12.3. The van der Waals surface area contributed by atoms with E-state index in [1.165, 1.54) is 19.2 Å². The van der Waals surface area contributed by atoms with Gasteiger partial charge in [-0.05, 0) is 23.6 Å². The number of nitrogens with zero attached hydrogens (tertiary/aromatic N) is 1. The van der Waals surface area contributed by atoms with Crippen molar-refractivity contribution in [2.45, 2.75) is 31.8 Å². The van der Waals surface area contributed by atoms with Crippen LogP contribution in [-0.4, -0.2) is 25.1 Å². The Bertz CT molecular complexity index is 785. The summed E-state index contributed by atoms with van der Waals surface area (Å²) in [6, 6.07) is 10.7. The van der Waals surface area contributed by atoms with Crippen LogP contribution in [0.4, 0.5) is 0 Å². The molecule has 0 atom stereocenters. The second kappa shape index (κ2) is 7.37. The highest BCUT2D eigenvalue weighted by molar-refractivity contribution is 7.91. The number of carbonyl (C=O) groups excluding carboxylic acids is 1. The highest BCUT2D eigenvalue weighted by Gasteiger charge is 2.24. The summed E-state index contributed by atoms with van der Waals surface area (Å²) in [6.45, 7) is 3.50. The molecule has 0 bridgehead atoms. The monoisotopic (exact) mass is 333 g/mol. The average molecular weight is 333 g/mol. The molecule has 23 heavy (non-hydrogen) atoms. The first kappa shape index (κ1) is 17.1. The summed E-state index contributed by atoms with van der Waals surface area (Å²) in [5.41, 5.74) is 1.43. The summed E-state index contributed by atoms with van der Waals surface area (Å²) in [5.74, 6) is -0.829. The SMILES string of the molecule is CCc1cnc(C(=O)OCc2ccccc2)c(S(=O)(=O)CC)c1. The van der Waals surface area contributed by atoms with Crippen molar-refractivity contribution < 1.29 is 17.9 Å². The van der Waals surface area contributed by atoms with Crippen molar-refractivity contribution in [1.82, 2.24) is 4.98 Å². The fourth-order valence-electron chi connectivity index (χ4n) is 2.02. The molecule has 0 unspecified atom stereocenters. The normalized spacial score (nSPS) is 11.2. The Labute approximate surface area is 136 Å². The molecule has 0 aliphatic heterocycles. The number of sulfone groups is 1. The van der Waals surface area contributed by atoms with Gasteiger partial charge in [0, 0.05) is 6.20 Å². The van der Waals surface area contributed by atoms with Gasteiger partial charge in [0.05, 0.1) is 5.75 Å². The molecule has 2 aromatic rings. The molecule has 1 heterocycles. The third-order valence-electron chi connectivity index (χ3n) is 3.44. The molecule has 0 aliphatic carbocycles. The zero-order valence-electron chi connectivity index (χ0n) is 13.2. The minimum Gasteiger partial charge on any atom is -0.456 e. The zero-order valence-corrected chi connectivity index (χ0v) is 14.0. The maximum absolute atomic E-state index is 12.3. The number of benzene rings is 1. The van der Waals surface area contributed by atoms with Crippen molar-refractivity contribution in [3.05, 3.63) is 59.4 Å². The molecule has 122 valence electrons. The first-order chi connectivity index (χ1) is 11.0. The van der Waals surface area contributed by atoms with E-state index in [-0.39, 0.29) is 22.9 Å². The molecule has 0 fully saturated rings. The maximum Gasteiger partial charge on any atom is 0.358 e. The Kier molecular flexibility index (Phi) is 5.50. The van der Waals surface area contributed by atoms with E-state index in [2.05, 4.69) is 4.98 Å². The third kappa shape index (κ3) is 4.16. The standard InChI is InChI=1S/C17H19NO4S/c1-3-13-10-15(23(20,21)4-2)16(18-11-13)17(19)22-12-14-8-6-5-7-9-14/h5-11H,3-4,12H2,1-2H3. The lowest BCUT2D eigenvalue weighted by Crippen LogP contribution is -2.16. The largest absolute Gasteiger partial charge is 0.456 e. The molecule has 1 aromatic carbocycles. The number of pyridine rings is 1. The van der Waals surface area contributed by atoms with Crippen LogP contribution in [-0.2, 0) is 27.6 Å². The molecule has 2 rings (SSSR count). The van der Waals surface area contributed by atoms with E-state index in [4.69, 9.17) is 4.74 Å². The van der Waals surface area contributed by atoms with E-state index >= 15 is 0 Å². The Balaban J connectivity index is 2.29. The van der Waals surface area contributed by atoms with Crippen LogP contribution in [0.2, 0.25) is 0 Å². The van der Waals surface area contributed by atoms with E-state index in [1.807, 2.05) is 37.3 Å². The Morgan fingerprint density at radius 1 is 1.13 bits per heavy atom. The molecule has 6 heteroatoms. The van der Waals surface area contributed by atoms with Crippen LogP contribution in [0.1, 0.15) is 35.5 Å². The Morgan fingerprint density at radius 2 is 1.83 bits per heavy atom. The molecule has 0 radical (unpaired) electrons. The van der Waals surface area contributed by atoms with Gasteiger partial charge in [0.15, 0.2) is 15.5 Å². The second-order valence-electron chi connectivity index (χ2n) is 5.01. The first-order valence-corrected chi connectivity index (χ1v) is 9.06. The van der Waals surface area contributed by atoms with Gasteiger partial charge in [-0.15, -0.1) is 0 Å². The smallest absolute Gasteiger partial charge is 0.358 e. The van der Waals surface area contributed by atoms with Gasteiger partial charge in [0.25, 0.3) is 0 Å². The predicted octanol–water partition coefficient (Wildman–Crippen LogP) is 2.79. The number of esters is 1. The molecular weight excluding hydrogens is 314 g/mol. The minimum absolute atomic E-state index is 0.0580. The second-order valence-corrected chi connectivity index (χ2v) is 7.26. The van der Waals surface area contributed by atoms with Crippen molar-refractivity contribution in [1.29, 1.82) is 0 Å². The van der Waals surface area contributed by atoms with Crippen molar-refractivity contribution in [2.24, 2.45) is 0 Å². The van der Waals surface area contributed by atoms with Crippen LogP contribution in [0.3, 0.4) is 0 Å². The number of ether oxygens (including phenoxy) is 1. The van der Waals surface area contributed by atoms with Crippen LogP contribution < -0.4 is 0 Å². The number of aryl methyl sites for hydroxylation is 1. The highest BCUT2D eigenvalue weighted by Crippen LogP contribution is 2.19. The van der Waals surface area contributed by atoms with E-state index in [0.717, 1.165) is 11.1 Å². The van der Waals surface area contributed by atoms with Gasteiger partial charge in [-0.3, -0.25) is 0 Å². The number of carbonyl (C=O) groups is 1. The average Bonchev–Trinajstić information content (AvgIpc) is 2.60. The molecular formula is C17H19NO4S. The van der Waals surface area contributed by atoms with E-state index in [0.29, 0.717) is 6.42 Å². The van der Waals surface area contributed by atoms with Gasteiger partial charge < -0.3 is 4.74 Å². The predicted molar refractivity (Wildman–Crippen MR) is 86.9 cm³/mol. The Hall–Kier alpha value is -2.21. The fourth-order valence-corrected chi connectivity index (χ4v) is 3.09. The van der Waals surface area contributed by atoms with Gasteiger partial charge in [-0.1, -0.05) is 44.2 Å². The van der Waals surface area contributed by atoms with Gasteiger partial charge in [-0.2, -0.15) is 0 Å². The van der Waals surface area contributed by atoms with E-state index in [1.54, 1.807) is 0 Å². The fraction of sp³-hybridized carbons (Fsp3) is 0.294. The summed E-state index contributed by atoms with van der Waals surface area (Å²) in [6.07, 6.45) is 2.15. The van der Waals surface area contributed by atoms with Crippen LogP contribution in [0.5, 0.6) is 0 Å². The summed E-state index contributed by atoms with van der Waals surface area (Å²) >= 11 is 0. The number of hydrogen-bond donors (Lipinski definition) is 0. The Morgan fingerprint density at radius 3 is 2.43 bits per heavy atom. The van der Waals surface area contributed by atoms with Crippen molar-refractivity contribution >= 4 is 15.8 Å². The summed E-state index contributed by atoms with van der Waals surface area (Å²) < 4.78 is 29.6. The number of aromatic nitrogens is 1. The quantitative estimate of drug-likeness (QED) is 0.760. The highest BCUT2D eigenvalue weighted by atomic mass is 32.2. The van der Waals surface area contributed by atoms with E-state index < -0.39 is 15.8 Å². The topological polar surface area (TPSA) is 73.3 Å². The molecule has 0 N–H and O–H groups in total. The van der Waals surface area contributed by atoms with Gasteiger partial charge in [-0.25, -0.2) is 18.2 Å². The summed E-state index contributed by atoms with van der Waals surface area (Å²) in [7, 11) is -3.55. The van der Waals surface area contributed by atoms with Crippen LogP contribution in [0.25, 0.3) is 0 Å². The number of hydrogen-bond acceptors (Lipinski definition) is 5. The first-order valence-electron chi connectivity index (χ1n) is 7.40. The van der Waals surface area contributed by atoms with Crippen LogP contribution in [0.15, 0.2) is 47.5 Å².